The molecule has 0 aliphatic heterocycles. The molecule has 2 rings (SSSR count). The normalized spacial score (nSPS) is 10.7. The van der Waals surface area contributed by atoms with Crippen LogP contribution < -0.4 is 5.73 Å². The molecule has 0 fully saturated rings. The first-order valence-corrected chi connectivity index (χ1v) is 5.75. The van der Waals surface area contributed by atoms with Gasteiger partial charge in [0.2, 0.25) is 0 Å². The van der Waals surface area contributed by atoms with Gasteiger partial charge in [-0.25, -0.2) is 0 Å². The van der Waals surface area contributed by atoms with E-state index in [1.54, 1.807) is 11.1 Å². The number of carbonyl (C=O) groups excluding carboxylic acids is 1. The van der Waals surface area contributed by atoms with Crippen molar-refractivity contribution in [2.75, 3.05) is 19.3 Å². The third kappa shape index (κ3) is 2.11. The van der Waals surface area contributed by atoms with E-state index in [2.05, 4.69) is 11.9 Å². The van der Waals surface area contributed by atoms with Gasteiger partial charge in [0.05, 0.1) is 5.56 Å². The summed E-state index contributed by atoms with van der Waals surface area (Å²) in [6, 6.07) is 5.53. The van der Waals surface area contributed by atoms with Crippen LogP contribution in [0.4, 0.5) is 5.69 Å². The number of benzene rings is 1. The molecular formula is C13H17N3O. The lowest BCUT2D eigenvalue weighted by atomic mass is 10.1. The van der Waals surface area contributed by atoms with Crippen molar-refractivity contribution in [1.29, 1.82) is 0 Å². The maximum atomic E-state index is 12.2. The molecule has 90 valence electrons. The number of nitrogens with two attached hydrogens (primary N) is 1. The smallest absolute Gasteiger partial charge is 0.255 e. The fourth-order valence-electron chi connectivity index (χ4n) is 1.96. The molecule has 3 N–H and O–H groups in total. The Morgan fingerprint density at radius 3 is 2.94 bits per heavy atom. The molecular weight excluding hydrogens is 214 g/mol. The Kier molecular flexibility index (Phi) is 3.04. The van der Waals surface area contributed by atoms with Gasteiger partial charge in [-0.2, -0.15) is 0 Å². The summed E-state index contributed by atoms with van der Waals surface area (Å²) in [5.41, 5.74) is 8.00. The second kappa shape index (κ2) is 4.49. The maximum absolute atomic E-state index is 12.2. The zero-order valence-electron chi connectivity index (χ0n) is 10.2. The number of rotatable bonds is 3. The highest BCUT2D eigenvalue weighted by atomic mass is 16.2. The van der Waals surface area contributed by atoms with Gasteiger partial charge in [-0.3, -0.25) is 4.79 Å². The first kappa shape index (κ1) is 11.5. The van der Waals surface area contributed by atoms with Crippen molar-refractivity contribution >= 4 is 22.5 Å². The van der Waals surface area contributed by atoms with Crippen LogP contribution >= 0.6 is 0 Å². The zero-order valence-corrected chi connectivity index (χ0v) is 10.2. The average molecular weight is 231 g/mol. The van der Waals surface area contributed by atoms with Crippen LogP contribution in [0.3, 0.4) is 0 Å². The maximum Gasteiger partial charge on any atom is 0.255 e. The Hall–Kier alpha value is -1.97. The van der Waals surface area contributed by atoms with Crippen LogP contribution in [0.25, 0.3) is 10.9 Å². The van der Waals surface area contributed by atoms with Gasteiger partial charge in [0.25, 0.3) is 5.91 Å². The molecule has 1 aromatic heterocycles. The summed E-state index contributed by atoms with van der Waals surface area (Å²) in [7, 11) is 1.82. The van der Waals surface area contributed by atoms with Gasteiger partial charge < -0.3 is 15.6 Å². The SMILES string of the molecule is CCCN(C)C(=O)c1c[nH]c2cc(N)ccc12. The largest absolute Gasteiger partial charge is 0.399 e. The third-order valence-electron chi connectivity index (χ3n) is 2.84. The number of nitrogens with zero attached hydrogens (tertiary/aromatic N) is 1. The van der Waals surface area contributed by atoms with Gasteiger partial charge in [-0.1, -0.05) is 6.92 Å². The number of carbonyl (C=O) groups is 1. The minimum Gasteiger partial charge on any atom is -0.399 e. The van der Waals surface area contributed by atoms with Crippen LogP contribution in [0.15, 0.2) is 24.4 Å². The molecule has 2 aromatic rings. The minimum atomic E-state index is 0.0443. The Labute approximate surface area is 100 Å². The topological polar surface area (TPSA) is 62.1 Å². The van der Waals surface area contributed by atoms with E-state index in [4.69, 9.17) is 5.73 Å². The summed E-state index contributed by atoms with van der Waals surface area (Å²) in [6.07, 6.45) is 2.70. The number of nitrogen functional groups attached to an aromatic ring is 1. The first-order valence-electron chi connectivity index (χ1n) is 5.75. The number of aromatic nitrogens is 1. The standard InChI is InChI=1S/C13H17N3O/c1-3-6-16(2)13(17)11-8-15-12-7-9(14)4-5-10(11)12/h4-5,7-8,15H,3,6,14H2,1-2H3. The molecule has 0 saturated carbocycles. The summed E-state index contributed by atoms with van der Waals surface area (Å²) in [6.45, 7) is 2.82. The van der Waals surface area contributed by atoms with Crippen LogP contribution in [0.2, 0.25) is 0 Å². The Morgan fingerprint density at radius 1 is 1.47 bits per heavy atom. The highest BCUT2D eigenvalue weighted by Gasteiger charge is 2.15. The fraction of sp³-hybridized carbons (Fsp3) is 0.308. The van der Waals surface area contributed by atoms with E-state index >= 15 is 0 Å². The van der Waals surface area contributed by atoms with E-state index in [1.807, 2.05) is 25.2 Å². The molecule has 0 bridgehead atoms. The predicted molar refractivity (Wildman–Crippen MR) is 70.0 cm³/mol. The quantitative estimate of drug-likeness (QED) is 0.796. The van der Waals surface area contributed by atoms with Crippen molar-refractivity contribution in [3.05, 3.63) is 30.0 Å². The lowest BCUT2D eigenvalue weighted by Gasteiger charge is -2.15. The summed E-state index contributed by atoms with van der Waals surface area (Å²) < 4.78 is 0. The van der Waals surface area contributed by atoms with Crippen molar-refractivity contribution < 1.29 is 4.79 Å². The average Bonchev–Trinajstić information content (AvgIpc) is 2.71. The highest BCUT2D eigenvalue weighted by Crippen LogP contribution is 2.21. The summed E-state index contributed by atoms with van der Waals surface area (Å²) in [4.78, 5) is 17.0. The van der Waals surface area contributed by atoms with Crippen molar-refractivity contribution in [2.24, 2.45) is 0 Å². The van der Waals surface area contributed by atoms with Gasteiger partial charge in [-0.15, -0.1) is 0 Å². The molecule has 17 heavy (non-hydrogen) atoms. The van der Waals surface area contributed by atoms with Crippen molar-refractivity contribution in [3.8, 4) is 0 Å². The van der Waals surface area contributed by atoms with E-state index in [0.29, 0.717) is 11.3 Å². The van der Waals surface area contributed by atoms with E-state index in [0.717, 1.165) is 23.9 Å². The number of aromatic amines is 1. The molecule has 4 heteroatoms. The molecule has 0 radical (unpaired) electrons. The summed E-state index contributed by atoms with van der Waals surface area (Å²) in [5.74, 6) is 0.0443. The predicted octanol–water partition coefficient (Wildman–Crippen LogP) is 2.23. The number of H-pyrrole nitrogens is 1. The Bertz CT molecular complexity index is 545. The van der Waals surface area contributed by atoms with Crippen molar-refractivity contribution in [1.82, 2.24) is 9.88 Å². The van der Waals surface area contributed by atoms with Crippen LogP contribution in [-0.4, -0.2) is 29.4 Å². The second-order valence-electron chi connectivity index (χ2n) is 4.23. The number of amides is 1. The van der Waals surface area contributed by atoms with Gasteiger partial charge in [-0.05, 0) is 24.6 Å². The molecule has 0 unspecified atom stereocenters. The van der Waals surface area contributed by atoms with Crippen molar-refractivity contribution in [3.63, 3.8) is 0 Å². The number of hydrogen-bond donors (Lipinski definition) is 2. The number of anilines is 1. The molecule has 4 nitrogen and oxygen atoms in total. The molecule has 0 spiro atoms. The molecule has 1 heterocycles. The number of fused-ring (bicyclic) bond motifs is 1. The zero-order chi connectivity index (χ0) is 12.4. The van der Waals surface area contributed by atoms with Crippen LogP contribution in [-0.2, 0) is 0 Å². The Morgan fingerprint density at radius 2 is 2.24 bits per heavy atom. The van der Waals surface area contributed by atoms with Gasteiger partial charge in [0.15, 0.2) is 0 Å². The lowest BCUT2D eigenvalue weighted by molar-refractivity contribution is 0.0797. The lowest BCUT2D eigenvalue weighted by Crippen LogP contribution is -2.27. The van der Waals surface area contributed by atoms with Crippen LogP contribution in [0.1, 0.15) is 23.7 Å². The fourth-order valence-corrected chi connectivity index (χ4v) is 1.96. The molecule has 1 aromatic carbocycles. The van der Waals surface area contributed by atoms with Crippen molar-refractivity contribution in [2.45, 2.75) is 13.3 Å². The minimum absolute atomic E-state index is 0.0443. The molecule has 0 atom stereocenters. The molecule has 1 amide bonds. The summed E-state index contributed by atoms with van der Waals surface area (Å²) >= 11 is 0. The van der Waals surface area contributed by atoms with E-state index in [-0.39, 0.29) is 5.91 Å². The van der Waals surface area contributed by atoms with E-state index in [9.17, 15) is 4.79 Å². The number of nitrogens with one attached hydrogen (secondary N) is 1. The second-order valence-corrected chi connectivity index (χ2v) is 4.23. The molecule has 0 aliphatic carbocycles. The monoisotopic (exact) mass is 231 g/mol. The third-order valence-corrected chi connectivity index (χ3v) is 2.84. The van der Waals surface area contributed by atoms with E-state index in [1.165, 1.54) is 0 Å². The van der Waals surface area contributed by atoms with Gasteiger partial charge in [0, 0.05) is 36.4 Å². The summed E-state index contributed by atoms with van der Waals surface area (Å²) in [5, 5.41) is 0.923. The number of hydrogen-bond acceptors (Lipinski definition) is 2. The highest BCUT2D eigenvalue weighted by molar-refractivity contribution is 6.07. The first-order chi connectivity index (χ1) is 8.13. The van der Waals surface area contributed by atoms with Crippen LogP contribution in [0.5, 0.6) is 0 Å². The Balaban J connectivity index is 2.39. The molecule has 0 aliphatic rings. The molecule has 0 saturated heterocycles. The van der Waals surface area contributed by atoms with Gasteiger partial charge in [0.1, 0.15) is 0 Å². The van der Waals surface area contributed by atoms with Gasteiger partial charge >= 0.3 is 0 Å². The van der Waals surface area contributed by atoms with E-state index < -0.39 is 0 Å². The van der Waals surface area contributed by atoms with Crippen LogP contribution in [0, 0.1) is 0 Å².